The number of hydrogen-bond acceptors (Lipinski definition) is 6. The van der Waals surface area contributed by atoms with Crippen molar-refractivity contribution in [2.24, 2.45) is 0 Å². The lowest BCUT2D eigenvalue weighted by Gasteiger charge is -2.16. The van der Waals surface area contributed by atoms with E-state index in [-0.39, 0.29) is 5.91 Å². The molecule has 0 unspecified atom stereocenters. The summed E-state index contributed by atoms with van der Waals surface area (Å²) in [4.78, 5) is 18.6. The fourth-order valence-corrected chi connectivity index (χ4v) is 4.34. The van der Waals surface area contributed by atoms with Gasteiger partial charge in [-0.2, -0.15) is 0 Å². The van der Waals surface area contributed by atoms with Gasteiger partial charge in [0.05, 0.1) is 19.9 Å². The van der Waals surface area contributed by atoms with E-state index >= 15 is 0 Å². The highest BCUT2D eigenvalue weighted by Gasteiger charge is 2.22. The van der Waals surface area contributed by atoms with E-state index in [2.05, 4.69) is 5.32 Å². The highest BCUT2D eigenvalue weighted by Crippen LogP contribution is 2.30. The lowest BCUT2D eigenvalue weighted by molar-refractivity contribution is -0.117. The Kier molecular flexibility index (Phi) is 6.18. The first kappa shape index (κ1) is 20.2. The first-order valence-electron chi connectivity index (χ1n) is 9.99. The predicted molar refractivity (Wildman–Crippen MR) is 121 cm³/mol. The van der Waals surface area contributed by atoms with Crippen molar-refractivity contribution in [2.75, 3.05) is 37.5 Å². The van der Waals surface area contributed by atoms with Crippen LogP contribution in [0.5, 0.6) is 11.5 Å². The zero-order chi connectivity index (χ0) is 20.9. The average molecular weight is 424 g/mol. The van der Waals surface area contributed by atoms with Crippen molar-refractivity contribution in [3.8, 4) is 22.8 Å². The summed E-state index contributed by atoms with van der Waals surface area (Å²) >= 11 is 1.58. The Morgan fingerprint density at radius 1 is 1.13 bits per heavy atom. The summed E-state index contributed by atoms with van der Waals surface area (Å²) in [5.41, 5.74) is 4.06. The molecular weight excluding hydrogens is 398 g/mol. The van der Waals surface area contributed by atoms with Crippen molar-refractivity contribution in [1.82, 2.24) is 4.98 Å². The van der Waals surface area contributed by atoms with Gasteiger partial charge < -0.3 is 19.7 Å². The zero-order valence-corrected chi connectivity index (χ0v) is 18.0. The minimum absolute atomic E-state index is 0.197. The van der Waals surface area contributed by atoms with Gasteiger partial charge in [-0.1, -0.05) is 18.2 Å². The highest BCUT2D eigenvalue weighted by atomic mass is 32.1. The zero-order valence-electron chi connectivity index (χ0n) is 17.2. The van der Waals surface area contributed by atoms with Gasteiger partial charge in [0.2, 0.25) is 5.91 Å². The first-order valence-corrected chi connectivity index (χ1v) is 10.9. The van der Waals surface area contributed by atoms with Gasteiger partial charge >= 0.3 is 0 Å². The Morgan fingerprint density at radius 3 is 2.77 bits per heavy atom. The summed E-state index contributed by atoms with van der Waals surface area (Å²) < 4.78 is 10.7. The van der Waals surface area contributed by atoms with Crippen LogP contribution in [0, 0.1) is 0 Å². The van der Waals surface area contributed by atoms with Crippen LogP contribution in [0.15, 0.2) is 47.8 Å². The van der Waals surface area contributed by atoms with E-state index in [1.165, 1.54) is 5.56 Å². The van der Waals surface area contributed by atoms with Crippen molar-refractivity contribution < 1.29 is 14.3 Å². The fourth-order valence-electron chi connectivity index (χ4n) is 3.59. The third kappa shape index (κ3) is 4.41. The van der Waals surface area contributed by atoms with Gasteiger partial charge in [0, 0.05) is 36.1 Å². The lowest BCUT2D eigenvalue weighted by atomic mass is 10.1. The Labute approximate surface area is 180 Å². The number of rotatable bonds is 8. The number of thiazole rings is 1. The number of ether oxygens (including phenoxy) is 2. The predicted octanol–water partition coefficient (Wildman–Crippen LogP) is 4.61. The normalized spacial score (nSPS) is 13.5. The molecule has 0 atom stereocenters. The molecule has 4 rings (SSSR count). The van der Waals surface area contributed by atoms with Crippen molar-refractivity contribution >= 4 is 28.1 Å². The molecule has 1 N–H and O–H groups in total. The van der Waals surface area contributed by atoms with E-state index in [4.69, 9.17) is 14.5 Å². The molecule has 1 amide bonds. The molecule has 0 spiro atoms. The molecule has 1 fully saturated rings. The average Bonchev–Trinajstić information content (AvgIpc) is 3.43. The second-order valence-corrected chi connectivity index (χ2v) is 7.96. The van der Waals surface area contributed by atoms with Gasteiger partial charge in [0.1, 0.15) is 0 Å². The van der Waals surface area contributed by atoms with E-state index in [0.29, 0.717) is 6.42 Å². The van der Waals surface area contributed by atoms with Gasteiger partial charge in [-0.05, 0) is 42.7 Å². The summed E-state index contributed by atoms with van der Waals surface area (Å²) in [6.07, 6.45) is 2.41. The Hall–Kier alpha value is -3.06. The molecule has 2 aromatic carbocycles. The fraction of sp³-hybridized carbons (Fsp3) is 0.304. The van der Waals surface area contributed by atoms with E-state index in [1.807, 2.05) is 52.7 Å². The topological polar surface area (TPSA) is 63.7 Å². The molecule has 3 aromatic rings. The van der Waals surface area contributed by atoms with Crippen LogP contribution in [0.25, 0.3) is 11.3 Å². The van der Waals surface area contributed by atoms with E-state index in [9.17, 15) is 4.79 Å². The Balaban J connectivity index is 1.38. The molecule has 1 aromatic heterocycles. The molecule has 1 aliphatic heterocycles. The largest absolute Gasteiger partial charge is 0.493 e. The van der Waals surface area contributed by atoms with Crippen molar-refractivity contribution in [1.29, 1.82) is 0 Å². The standard InChI is InChI=1S/C23H25N3O3S/c1-28-20-9-8-16(13-21(20)29-2)10-11-24-23-25-19(15-30-23)17-5-3-6-18(14-17)26-12-4-7-22(26)27/h3,5-6,8-9,13-15H,4,7,10-12H2,1-2H3,(H,24,25). The molecule has 1 saturated heterocycles. The van der Waals surface area contributed by atoms with Crippen LogP contribution < -0.4 is 19.7 Å². The maximum absolute atomic E-state index is 12.0. The lowest BCUT2D eigenvalue weighted by Crippen LogP contribution is -2.23. The van der Waals surface area contributed by atoms with Crippen LogP contribution in [0.1, 0.15) is 18.4 Å². The Bertz CT molecular complexity index is 1030. The first-order chi connectivity index (χ1) is 14.7. The second kappa shape index (κ2) is 9.17. The molecule has 0 bridgehead atoms. The van der Waals surface area contributed by atoms with Crippen molar-refractivity contribution in [3.63, 3.8) is 0 Å². The van der Waals surface area contributed by atoms with Gasteiger partial charge in [-0.15, -0.1) is 11.3 Å². The van der Waals surface area contributed by atoms with Crippen LogP contribution in [0.3, 0.4) is 0 Å². The number of nitrogens with zero attached hydrogens (tertiary/aromatic N) is 2. The summed E-state index contributed by atoms with van der Waals surface area (Å²) in [6, 6.07) is 14.0. The quantitative estimate of drug-likeness (QED) is 0.573. The molecule has 1 aliphatic rings. The van der Waals surface area contributed by atoms with Gasteiger partial charge in [-0.3, -0.25) is 4.79 Å². The smallest absolute Gasteiger partial charge is 0.227 e. The number of anilines is 2. The molecule has 30 heavy (non-hydrogen) atoms. The molecule has 0 radical (unpaired) electrons. The number of nitrogens with one attached hydrogen (secondary N) is 1. The highest BCUT2D eigenvalue weighted by molar-refractivity contribution is 7.14. The molecule has 7 heteroatoms. The molecule has 6 nitrogen and oxygen atoms in total. The maximum atomic E-state index is 12.0. The van der Waals surface area contributed by atoms with Crippen LogP contribution in [0.4, 0.5) is 10.8 Å². The molecule has 156 valence electrons. The van der Waals surface area contributed by atoms with E-state index in [1.54, 1.807) is 25.6 Å². The molecule has 0 aliphatic carbocycles. The number of amides is 1. The molecule has 0 saturated carbocycles. The number of benzene rings is 2. The number of methoxy groups -OCH3 is 2. The monoisotopic (exact) mass is 423 g/mol. The summed E-state index contributed by atoms with van der Waals surface area (Å²) in [5, 5.41) is 6.32. The second-order valence-electron chi connectivity index (χ2n) is 7.10. The SMILES string of the molecule is COc1ccc(CCNc2nc(-c3cccc(N4CCCC4=O)c3)cs2)cc1OC. The van der Waals surface area contributed by atoms with Crippen molar-refractivity contribution in [2.45, 2.75) is 19.3 Å². The van der Waals surface area contributed by atoms with Crippen LogP contribution >= 0.6 is 11.3 Å². The third-order valence-electron chi connectivity index (χ3n) is 5.17. The number of carbonyl (C=O) groups is 1. The summed E-state index contributed by atoms with van der Waals surface area (Å²) in [7, 11) is 3.28. The van der Waals surface area contributed by atoms with Gasteiger partial charge in [-0.25, -0.2) is 4.98 Å². The van der Waals surface area contributed by atoms with Gasteiger partial charge in [0.15, 0.2) is 16.6 Å². The van der Waals surface area contributed by atoms with E-state index < -0.39 is 0 Å². The summed E-state index contributed by atoms with van der Waals surface area (Å²) in [6.45, 7) is 1.56. The third-order valence-corrected chi connectivity index (χ3v) is 5.97. The molecule has 2 heterocycles. The number of hydrogen-bond donors (Lipinski definition) is 1. The maximum Gasteiger partial charge on any atom is 0.227 e. The Morgan fingerprint density at radius 2 is 2.00 bits per heavy atom. The van der Waals surface area contributed by atoms with E-state index in [0.717, 1.165) is 59.5 Å². The van der Waals surface area contributed by atoms with Crippen LogP contribution in [0.2, 0.25) is 0 Å². The van der Waals surface area contributed by atoms with Crippen LogP contribution in [-0.4, -0.2) is 38.2 Å². The van der Waals surface area contributed by atoms with Crippen LogP contribution in [-0.2, 0) is 11.2 Å². The summed E-state index contributed by atoms with van der Waals surface area (Å²) in [5.74, 6) is 1.67. The van der Waals surface area contributed by atoms with Gasteiger partial charge in [0.25, 0.3) is 0 Å². The molecular formula is C23H25N3O3S. The minimum atomic E-state index is 0.197. The minimum Gasteiger partial charge on any atom is -0.493 e. The number of aromatic nitrogens is 1. The van der Waals surface area contributed by atoms with Crippen molar-refractivity contribution in [3.05, 3.63) is 53.4 Å². The number of carbonyl (C=O) groups excluding carboxylic acids is 1.